The van der Waals surface area contributed by atoms with Crippen molar-refractivity contribution >= 4 is 11.6 Å². The molecule has 0 aliphatic carbocycles. The monoisotopic (exact) mass is 241 g/mol. The molecule has 0 radical (unpaired) electrons. The Morgan fingerprint density at radius 2 is 2.00 bits per heavy atom. The standard InChI is InChI=1S/C13H20ClNO/c1-9-8-12(14)11(6-4-5-7-15)10(2)13(9)16-3/h8H,4-7,15H2,1-3H3. The van der Waals surface area contributed by atoms with E-state index in [-0.39, 0.29) is 0 Å². The zero-order valence-electron chi connectivity index (χ0n) is 10.3. The lowest BCUT2D eigenvalue weighted by molar-refractivity contribution is 0.408. The molecule has 1 rings (SSSR count). The van der Waals surface area contributed by atoms with Gasteiger partial charge in [-0.1, -0.05) is 11.6 Å². The van der Waals surface area contributed by atoms with Crippen LogP contribution < -0.4 is 10.5 Å². The number of benzene rings is 1. The number of nitrogens with two attached hydrogens (primary N) is 1. The maximum Gasteiger partial charge on any atom is 0.125 e. The summed E-state index contributed by atoms with van der Waals surface area (Å²) < 4.78 is 5.39. The highest BCUT2D eigenvalue weighted by Crippen LogP contribution is 2.32. The average Bonchev–Trinajstić information content (AvgIpc) is 2.23. The molecule has 0 spiro atoms. The molecule has 1 aromatic rings. The summed E-state index contributed by atoms with van der Waals surface area (Å²) in [4.78, 5) is 0. The Labute approximate surface area is 103 Å². The van der Waals surface area contributed by atoms with Gasteiger partial charge in [-0.3, -0.25) is 0 Å². The lowest BCUT2D eigenvalue weighted by Gasteiger charge is -2.15. The molecule has 0 amide bonds. The lowest BCUT2D eigenvalue weighted by atomic mass is 9.99. The summed E-state index contributed by atoms with van der Waals surface area (Å²) in [5.74, 6) is 0.951. The molecule has 0 unspecified atom stereocenters. The van der Waals surface area contributed by atoms with Gasteiger partial charge in [0.15, 0.2) is 0 Å². The van der Waals surface area contributed by atoms with Gasteiger partial charge in [-0.2, -0.15) is 0 Å². The van der Waals surface area contributed by atoms with E-state index in [4.69, 9.17) is 22.1 Å². The van der Waals surface area contributed by atoms with Crippen molar-refractivity contribution < 1.29 is 4.74 Å². The smallest absolute Gasteiger partial charge is 0.125 e. The second-order valence-electron chi connectivity index (χ2n) is 4.06. The van der Waals surface area contributed by atoms with Crippen LogP contribution in [0, 0.1) is 13.8 Å². The minimum absolute atomic E-state index is 0.736. The third kappa shape index (κ3) is 2.89. The van der Waals surface area contributed by atoms with E-state index in [1.54, 1.807) is 7.11 Å². The minimum atomic E-state index is 0.736. The van der Waals surface area contributed by atoms with Gasteiger partial charge in [-0.25, -0.2) is 0 Å². The zero-order valence-corrected chi connectivity index (χ0v) is 11.0. The first kappa shape index (κ1) is 13.3. The Bertz CT molecular complexity index is 363. The van der Waals surface area contributed by atoms with Gasteiger partial charge in [-0.15, -0.1) is 0 Å². The molecule has 0 atom stereocenters. The number of hydrogen-bond acceptors (Lipinski definition) is 2. The number of rotatable bonds is 5. The van der Waals surface area contributed by atoms with Gasteiger partial charge in [0.25, 0.3) is 0 Å². The van der Waals surface area contributed by atoms with Gasteiger partial charge in [0.1, 0.15) is 5.75 Å². The van der Waals surface area contributed by atoms with Gasteiger partial charge in [-0.05, 0) is 62.4 Å². The fraction of sp³-hybridized carbons (Fsp3) is 0.538. The Hall–Kier alpha value is -0.730. The molecule has 1 aromatic carbocycles. The van der Waals surface area contributed by atoms with Crippen LogP contribution in [-0.4, -0.2) is 13.7 Å². The van der Waals surface area contributed by atoms with Gasteiger partial charge in [0.05, 0.1) is 7.11 Å². The van der Waals surface area contributed by atoms with E-state index in [2.05, 4.69) is 6.92 Å². The number of unbranched alkanes of at least 4 members (excludes halogenated alkanes) is 1. The van der Waals surface area contributed by atoms with Crippen LogP contribution in [0.4, 0.5) is 0 Å². The van der Waals surface area contributed by atoms with Crippen molar-refractivity contribution in [3.05, 3.63) is 27.8 Å². The van der Waals surface area contributed by atoms with Crippen molar-refractivity contribution in [1.82, 2.24) is 0 Å². The van der Waals surface area contributed by atoms with E-state index in [1.807, 2.05) is 13.0 Å². The van der Waals surface area contributed by atoms with Crippen molar-refractivity contribution in [2.24, 2.45) is 5.73 Å². The highest BCUT2D eigenvalue weighted by molar-refractivity contribution is 6.31. The fourth-order valence-corrected chi connectivity index (χ4v) is 2.42. The summed E-state index contributed by atoms with van der Waals surface area (Å²) in [6.07, 6.45) is 3.08. The molecule has 0 fully saturated rings. The van der Waals surface area contributed by atoms with Gasteiger partial charge in [0, 0.05) is 5.02 Å². The third-order valence-corrected chi connectivity index (χ3v) is 3.21. The SMILES string of the molecule is COc1c(C)cc(Cl)c(CCCCN)c1C. The number of hydrogen-bond donors (Lipinski definition) is 1. The van der Waals surface area contributed by atoms with E-state index >= 15 is 0 Å². The second-order valence-corrected chi connectivity index (χ2v) is 4.47. The van der Waals surface area contributed by atoms with E-state index in [9.17, 15) is 0 Å². The molecule has 0 aromatic heterocycles. The van der Waals surface area contributed by atoms with Crippen LogP contribution in [0.3, 0.4) is 0 Å². The largest absolute Gasteiger partial charge is 0.496 e. The Kier molecular flexibility index (Phi) is 5.10. The maximum atomic E-state index is 6.26. The van der Waals surface area contributed by atoms with Gasteiger partial charge < -0.3 is 10.5 Å². The van der Waals surface area contributed by atoms with Crippen LogP contribution in [0.25, 0.3) is 0 Å². The number of aryl methyl sites for hydroxylation is 1. The van der Waals surface area contributed by atoms with Gasteiger partial charge >= 0.3 is 0 Å². The topological polar surface area (TPSA) is 35.2 Å². The molecular formula is C13H20ClNO. The van der Waals surface area contributed by atoms with Crippen LogP contribution in [0.5, 0.6) is 5.75 Å². The molecule has 3 heteroatoms. The summed E-state index contributed by atoms with van der Waals surface area (Å²) in [7, 11) is 1.70. The Morgan fingerprint density at radius 3 is 2.56 bits per heavy atom. The molecule has 0 saturated carbocycles. The lowest BCUT2D eigenvalue weighted by Crippen LogP contribution is -2.02. The molecule has 0 heterocycles. The molecule has 2 nitrogen and oxygen atoms in total. The highest BCUT2D eigenvalue weighted by atomic mass is 35.5. The molecule has 0 aliphatic rings. The second kappa shape index (κ2) is 6.12. The first-order chi connectivity index (χ1) is 7.61. The normalized spacial score (nSPS) is 10.6. The average molecular weight is 242 g/mol. The van der Waals surface area contributed by atoms with Crippen molar-refractivity contribution in [2.45, 2.75) is 33.1 Å². The molecule has 90 valence electrons. The summed E-state index contributed by atoms with van der Waals surface area (Å²) >= 11 is 6.26. The molecule has 16 heavy (non-hydrogen) atoms. The van der Waals surface area contributed by atoms with Crippen molar-refractivity contribution in [3.63, 3.8) is 0 Å². The minimum Gasteiger partial charge on any atom is -0.496 e. The first-order valence-corrected chi connectivity index (χ1v) is 6.02. The number of ether oxygens (including phenoxy) is 1. The highest BCUT2D eigenvalue weighted by Gasteiger charge is 2.11. The first-order valence-electron chi connectivity index (χ1n) is 5.64. The molecule has 0 aliphatic heterocycles. The molecule has 0 bridgehead atoms. The third-order valence-electron chi connectivity index (χ3n) is 2.87. The van der Waals surface area contributed by atoms with Crippen LogP contribution >= 0.6 is 11.6 Å². The molecule has 2 N–H and O–H groups in total. The maximum absolute atomic E-state index is 6.26. The quantitative estimate of drug-likeness (QED) is 0.804. The van der Waals surface area contributed by atoms with Crippen LogP contribution in [0.2, 0.25) is 5.02 Å². The fourth-order valence-electron chi connectivity index (χ4n) is 2.02. The predicted molar refractivity (Wildman–Crippen MR) is 69.5 cm³/mol. The van der Waals surface area contributed by atoms with Gasteiger partial charge in [0.2, 0.25) is 0 Å². The summed E-state index contributed by atoms with van der Waals surface area (Å²) in [5, 5.41) is 0.841. The van der Waals surface area contributed by atoms with Crippen LogP contribution in [-0.2, 0) is 6.42 Å². The summed E-state index contributed by atoms with van der Waals surface area (Å²) in [6, 6.07) is 1.98. The van der Waals surface area contributed by atoms with E-state index in [0.29, 0.717) is 0 Å². The summed E-state index contributed by atoms with van der Waals surface area (Å²) in [6.45, 7) is 4.82. The van der Waals surface area contributed by atoms with Crippen LogP contribution in [0.1, 0.15) is 29.5 Å². The molecule has 0 saturated heterocycles. The van der Waals surface area contributed by atoms with Crippen molar-refractivity contribution in [2.75, 3.05) is 13.7 Å². The Morgan fingerprint density at radius 1 is 1.31 bits per heavy atom. The van der Waals surface area contributed by atoms with E-state index in [0.717, 1.165) is 47.7 Å². The number of methoxy groups -OCH3 is 1. The van der Waals surface area contributed by atoms with Crippen molar-refractivity contribution in [1.29, 1.82) is 0 Å². The van der Waals surface area contributed by atoms with E-state index < -0.39 is 0 Å². The van der Waals surface area contributed by atoms with Crippen LogP contribution in [0.15, 0.2) is 6.07 Å². The van der Waals surface area contributed by atoms with E-state index in [1.165, 1.54) is 5.56 Å². The Balaban J connectivity index is 2.98. The predicted octanol–water partition coefficient (Wildman–Crippen LogP) is 3.25. The zero-order chi connectivity index (χ0) is 12.1. The molecular weight excluding hydrogens is 222 g/mol. The number of halogens is 1. The van der Waals surface area contributed by atoms with Crippen molar-refractivity contribution in [3.8, 4) is 5.75 Å². The summed E-state index contributed by atoms with van der Waals surface area (Å²) in [5.41, 5.74) is 8.93.